The van der Waals surface area contributed by atoms with Crippen LogP contribution in [0.3, 0.4) is 0 Å². The number of nitrogens with one attached hydrogen (secondary N) is 1. The topological polar surface area (TPSA) is 104 Å². The molecule has 1 amide bonds. The quantitative estimate of drug-likeness (QED) is 0.861. The zero-order chi connectivity index (χ0) is 16.1. The monoisotopic (exact) mass is 291 g/mol. The molecule has 0 atom stereocenters. The maximum absolute atomic E-state index is 11.9. The van der Waals surface area contributed by atoms with Crippen molar-refractivity contribution in [3.63, 3.8) is 0 Å². The molecule has 0 spiro atoms. The summed E-state index contributed by atoms with van der Waals surface area (Å²) in [7, 11) is 0. The summed E-state index contributed by atoms with van der Waals surface area (Å²) in [6, 6.07) is 10.5. The predicted octanol–water partition coefficient (Wildman–Crippen LogP) is 2.36. The van der Waals surface area contributed by atoms with Gasteiger partial charge in [-0.25, -0.2) is 0 Å². The van der Waals surface area contributed by atoms with Crippen molar-refractivity contribution in [1.29, 1.82) is 15.8 Å². The Morgan fingerprint density at radius 2 is 1.95 bits per heavy atom. The molecule has 0 aliphatic carbocycles. The van der Waals surface area contributed by atoms with E-state index in [-0.39, 0.29) is 17.2 Å². The summed E-state index contributed by atoms with van der Waals surface area (Å²) in [4.78, 5) is 13.6. The molecule has 1 heterocycles. The highest BCUT2D eigenvalue weighted by molar-refractivity contribution is 5.96. The number of carbonyl (C=O) groups excluding carboxylic acids is 1. The minimum absolute atomic E-state index is 0.0750. The molecule has 6 nitrogen and oxygen atoms in total. The number of rotatable bonds is 3. The Hall–Kier alpha value is -3.30. The lowest BCUT2D eigenvalue weighted by Crippen LogP contribution is -2.24. The van der Waals surface area contributed by atoms with Gasteiger partial charge in [-0.15, -0.1) is 0 Å². The highest BCUT2D eigenvalue weighted by Gasteiger charge is 2.23. The molecule has 1 aliphatic heterocycles. The van der Waals surface area contributed by atoms with Crippen LogP contribution in [0.25, 0.3) is 0 Å². The van der Waals surface area contributed by atoms with Crippen molar-refractivity contribution in [1.82, 2.24) is 0 Å². The van der Waals surface area contributed by atoms with Crippen LogP contribution in [0.15, 0.2) is 29.5 Å². The fourth-order valence-corrected chi connectivity index (χ4v) is 2.37. The van der Waals surface area contributed by atoms with Crippen molar-refractivity contribution in [2.75, 3.05) is 16.8 Å². The highest BCUT2D eigenvalue weighted by atomic mass is 16.2. The number of benzene rings is 1. The Bertz CT molecular complexity index is 757. The van der Waals surface area contributed by atoms with Gasteiger partial charge in [-0.05, 0) is 31.0 Å². The van der Waals surface area contributed by atoms with E-state index >= 15 is 0 Å². The second-order valence-electron chi connectivity index (χ2n) is 4.81. The number of nitriles is 3. The minimum Gasteiger partial charge on any atom is -0.345 e. The van der Waals surface area contributed by atoms with Gasteiger partial charge >= 0.3 is 0 Å². The van der Waals surface area contributed by atoms with Gasteiger partial charge in [0.25, 0.3) is 0 Å². The Labute approximate surface area is 128 Å². The second-order valence-corrected chi connectivity index (χ2v) is 4.81. The molecule has 0 radical (unpaired) electrons. The molecule has 1 saturated heterocycles. The third kappa shape index (κ3) is 2.75. The van der Waals surface area contributed by atoms with Gasteiger partial charge in [0, 0.05) is 24.3 Å². The normalized spacial score (nSPS) is 13.0. The van der Waals surface area contributed by atoms with Gasteiger partial charge in [-0.1, -0.05) is 6.07 Å². The Morgan fingerprint density at radius 1 is 1.23 bits per heavy atom. The van der Waals surface area contributed by atoms with Gasteiger partial charge in [0.05, 0.1) is 0 Å². The van der Waals surface area contributed by atoms with Crippen LogP contribution in [0.4, 0.5) is 11.4 Å². The summed E-state index contributed by atoms with van der Waals surface area (Å²) in [6.07, 6.45) is 1.36. The Balaban J connectivity index is 2.41. The maximum atomic E-state index is 11.9. The van der Waals surface area contributed by atoms with Gasteiger partial charge in [0.15, 0.2) is 5.57 Å². The number of carbonyl (C=O) groups is 1. The molecule has 0 unspecified atom stereocenters. The van der Waals surface area contributed by atoms with E-state index in [0.29, 0.717) is 18.7 Å². The molecule has 1 aliphatic rings. The van der Waals surface area contributed by atoms with Gasteiger partial charge < -0.3 is 10.2 Å². The highest BCUT2D eigenvalue weighted by Crippen LogP contribution is 2.30. The molecular weight excluding hydrogens is 278 g/mol. The van der Waals surface area contributed by atoms with Crippen LogP contribution in [0, 0.1) is 40.9 Å². The number of anilines is 2. The van der Waals surface area contributed by atoms with Crippen LogP contribution < -0.4 is 10.2 Å². The van der Waals surface area contributed by atoms with Gasteiger partial charge in [-0.3, -0.25) is 4.79 Å². The SMILES string of the molecule is Cc1c(NC(C#N)=C(C#N)C#N)cccc1N1CCCC1=O. The van der Waals surface area contributed by atoms with Crippen LogP contribution in [-0.4, -0.2) is 12.5 Å². The Kier molecular flexibility index (Phi) is 4.41. The number of amides is 1. The Morgan fingerprint density at radius 3 is 2.50 bits per heavy atom. The van der Waals surface area contributed by atoms with E-state index in [1.54, 1.807) is 29.2 Å². The van der Waals surface area contributed by atoms with E-state index < -0.39 is 0 Å². The van der Waals surface area contributed by atoms with E-state index in [1.165, 1.54) is 0 Å². The van der Waals surface area contributed by atoms with Crippen LogP contribution >= 0.6 is 0 Å². The first kappa shape index (κ1) is 15.1. The van der Waals surface area contributed by atoms with Crippen molar-refractivity contribution < 1.29 is 4.79 Å². The zero-order valence-corrected chi connectivity index (χ0v) is 12.1. The van der Waals surface area contributed by atoms with E-state index in [1.807, 2.05) is 19.1 Å². The number of hydrogen-bond acceptors (Lipinski definition) is 5. The van der Waals surface area contributed by atoms with Crippen molar-refractivity contribution >= 4 is 17.3 Å². The molecule has 108 valence electrons. The molecule has 1 N–H and O–H groups in total. The molecule has 1 fully saturated rings. The van der Waals surface area contributed by atoms with Crippen molar-refractivity contribution in [2.45, 2.75) is 19.8 Å². The van der Waals surface area contributed by atoms with E-state index in [2.05, 4.69) is 5.32 Å². The van der Waals surface area contributed by atoms with Crippen LogP contribution in [-0.2, 0) is 4.79 Å². The van der Waals surface area contributed by atoms with Crippen molar-refractivity contribution in [3.8, 4) is 18.2 Å². The van der Waals surface area contributed by atoms with Gasteiger partial charge in [0.2, 0.25) is 5.91 Å². The van der Waals surface area contributed by atoms with Gasteiger partial charge in [0.1, 0.15) is 23.9 Å². The van der Waals surface area contributed by atoms with Crippen LogP contribution in [0.2, 0.25) is 0 Å². The molecular formula is C16H13N5O. The molecule has 2 rings (SSSR count). The lowest BCUT2D eigenvalue weighted by molar-refractivity contribution is -0.117. The molecule has 0 saturated carbocycles. The van der Waals surface area contributed by atoms with Crippen LogP contribution in [0.5, 0.6) is 0 Å². The fourth-order valence-electron chi connectivity index (χ4n) is 2.37. The second kappa shape index (κ2) is 6.43. The first-order chi connectivity index (χ1) is 10.6. The summed E-state index contributed by atoms with van der Waals surface area (Å²) in [5, 5.41) is 29.6. The molecule has 1 aromatic rings. The molecule has 6 heteroatoms. The predicted molar refractivity (Wildman–Crippen MR) is 80.3 cm³/mol. The van der Waals surface area contributed by atoms with E-state index in [9.17, 15) is 4.79 Å². The van der Waals surface area contributed by atoms with Crippen molar-refractivity contribution in [3.05, 3.63) is 35.0 Å². The maximum Gasteiger partial charge on any atom is 0.227 e. The average Bonchev–Trinajstić information content (AvgIpc) is 2.95. The first-order valence-electron chi connectivity index (χ1n) is 6.74. The lowest BCUT2D eigenvalue weighted by Gasteiger charge is -2.20. The third-order valence-electron chi connectivity index (χ3n) is 3.51. The summed E-state index contributed by atoms with van der Waals surface area (Å²) >= 11 is 0. The summed E-state index contributed by atoms with van der Waals surface area (Å²) in [5.74, 6) is 0.0750. The molecule has 0 aromatic heterocycles. The summed E-state index contributed by atoms with van der Waals surface area (Å²) in [5.41, 5.74) is 1.79. The van der Waals surface area contributed by atoms with E-state index in [0.717, 1.165) is 17.7 Å². The standard InChI is InChI=1S/C16H13N5O/c1-11-13(20-14(10-19)12(8-17)9-18)4-2-5-15(11)21-7-3-6-16(21)22/h2,4-5,20H,3,6-7H2,1H3. The minimum atomic E-state index is -0.274. The smallest absolute Gasteiger partial charge is 0.227 e. The number of hydrogen-bond donors (Lipinski definition) is 1. The lowest BCUT2D eigenvalue weighted by atomic mass is 10.1. The van der Waals surface area contributed by atoms with E-state index in [4.69, 9.17) is 15.8 Å². The summed E-state index contributed by atoms with van der Waals surface area (Å²) < 4.78 is 0. The number of allylic oxidation sites excluding steroid dienone is 2. The largest absolute Gasteiger partial charge is 0.345 e. The average molecular weight is 291 g/mol. The third-order valence-corrected chi connectivity index (χ3v) is 3.51. The molecule has 22 heavy (non-hydrogen) atoms. The summed E-state index contributed by atoms with van der Waals surface area (Å²) in [6.45, 7) is 2.50. The van der Waals surface area contributed by atoms with Gasteiger partial charge in [-0.2, -0.15) is 15.8 Å². The fraction of sp³-hybridized carbons (Fsp3) is 0.250. The van der Waals surface area contributed by atoms with Crippen LogP contribution in [0.1, 0.15) is 18.4 Å². The zero-order valence-electron chi connectivity index (χ0n) is 12.1. The first-order valence-corrected chi connectivity index (χ1v) is 6.74. The molecule has 0 bridgehead atoms. The van der Waals surface area contributed by atoms with Crippen molar-refractivity contribution in [2.24, 2.45) is 0 Å². The molecule has 1 aromatic carbocycles. The number of nitrogens with zero attached hydrogens (tertiary/aromatic N) is 4.